The number of piperidine rings is 1. The van der Waals surface area contributed by atoms with Crippen molar-refractivity contribution in [3.05, 3.63) is 24.3 Å². The molecule has 1 aromatic rings. The van der Waals surface area contributed by atoms with E-state index in [1.54, 1.807) is 31.4 Å². The zero-order valence-electron chi connectivity index (χ0n) is 11.1. The van der Waals surface area contributed by atoms with E-state index >= 15 is 0 Å². The van der Waals surface area contributed by atoms with Crippen LogP contribution < -0.4 is 20.1 Å². The molecule has 1 amide bonds. The number of carbonyl (C=O) groups is 1. The van der Waals surface area contributed by atoms with Gasteiger partial charge in [0.25, 0.3) is 5.91 Å². The molecule has 1 aliphatic rings. The molecule has 5 nitrogen and oxygen atoms in total. The monoisotopic (exact) mass is 264 g/mol. The molecular formula is C14H20N2O3. The fraction of sp³-hybridized carbons (Fsp3) is 0.500. The van der Waals surface area contributed by atoms with Gasteiger partial charge in [0.05, 0.1) is 7.11 Å². The molecule has 0 bridgehead atoms. The Kier molecular flexibility index (Phi) is 5.03. The van der Waals surface area contributed by atoms with Crippen molar-refractivity contribution < 1.29 is 14.3 Å². The van der Waals surface area contributed by atoms with Crippen LogP contribution in [-0.2, 0) is 4.79 Å². The third-order valence-corrected chi connectivity index (χ3v) is 3.09. The Morgan fingerprint density at radius 2 is 2.11 bits per heavy atom. The van der Waals surface area contributed by atoms with E-state index in [1.165, 1.54) is 0 Å². The van der Waals surface area contributed by atoms with Crippen molar-refractivity contribution in [2.24, 2.45) is 0 Å². The third kappa shape index (κ3) is 4.44. The zero-order valence-corrected chi connectivity index (χ0v) is 11.1. The van der Waals surface area contributed by atoms with Gasteiger partial charge in [0, 0.05) is 12.6 Å². The van der Waals surface area contributed by atoms with E-state index in [4.69, 9.17) is 9.47 Å². The highest BCUT2D eigenvalue weighted by Gasteiger charge is 2.15. The summed E-state index contributed by atoms with van der Waals surface area (Å²) in [6, 6.07) is 7.40. The summed E-state index contributed by atoms with van der Waals surface area (Å²) in [5, 5.41) is 6.22. The summed E-state index contributed by atoms with van der Waals surface area (Å²) < 4.78 is 10.5. The molecule has 104 valence electrons. The Morgan fingerprint density at radius 3 is 2.74 bits per heavy atom. The van der Waals surface area contributed by atoms with Gasteiger partial charge in [0.15, 0.2) is 6.61 Å². The molecule has 0 spiro atoms. The van der Waals surface area contributed by atoms with E-state index in [-0.39, 0.29) is 18.6 Å². The third-order valence-electron chi connectivity index (χ3n) is 3.09. The molecule has 1 saturated heterocycles. The molecule has 2 N–H and O–H groups in total. The average Bonchev–Trinajstić information content (AvgIpc) is 2.47. The normalized spacial score (nSPS) is 18.7. The van der Waals surface area contributed by atoms with E-state index in [0.29, 0.717) is 5.75 Å². The fourth-order valence-corrected chi connectivity index (χ4v) is 2.07. The van der Waals surface area contributed by atoms with Crippen LogP contribution in [0.15, 0.2) is 24.3 Å². The van der Waals surface area contributed by atoms with Gasteiger partial charge in [-0.1, -0.05) is 0 Å². The molecule has 1 aromatic carbocycles. The van der Waals surface area contributed by atoms with Crippen molar-refractivity contribution in [2.75, 3.05) is 26.8 Å². The number of benzene rings is 1. The highest BCUT2D eigenvalue weighted by atomic mass is 16.5. The minimum absolute atomic E-state index is 0.0445. The van der Waals surface area contributed by atoms with Crippen molar-refractivity contribution in [1.29, 1.82) is 0 Å². The lowest BCUT2D eigenvalue weighted by atomic mass is 10.1. The predicted molar refractivity (Wildman–Crippen MR) is 72.5 cm³/mol. The van der Waals surface area contributed by atoms with Gasteiger partial charge in [-0.3, -0.25) is 4.79 Å². The molecule has 0 saturated carbocycles. The average molecular weight is 264 g/mol. The Balaban J connectivity index is 1.72. The first kappa shape index (κ1) is 13.7. The number of methoxy groups -OCH3 is 1. The Hall–Kier alpha value is -1.75. The van der Waals surface area contributed by atoms with Crippen LogP contribution in [0.25, 0.3) is 0 Å². The molecule has 1 atom stereocenters. The van der Waals surface area contributed by atoms with Crippen LogP contribution in [0.2, 0.25) is 0 Å². The summed E-state index contributed by atoms with van der Waals surface area (Å²) in [5.41, 5.74) is 0. The number of hydrogen-bond acceptors (Lipinski definition) is 4. The predicted octanol–water partition coefficient (Wildman–Crippen LogP) is 0.942. The minimum atomic E-state index is -0.0791. The summed E-state index contributed by atoms with van der Waals surface area (Å²) in [4.78, 5) is 11.7. The van der Waals surface area contributed by atoms with Crippen molar-refractivity contribution in [1.82, 2.24) is 10.6 Å². The van der Waals surface area contributed by atoms with E-state index in [1.807, 2.05) is 0 Å². The summed E-state index contributed by atoms with van der Waals surface area (Å²) in [7, 11) is 1.61. The molecule has 0 radical (unpaired) electrons. The molecule has 0 unspecified atom stereocenters. The van der Waals surface area contributed by atoms with Crippen LogP contribution >= 0.6 is 0 Å². The molecule has 5 heteroatoms. The maximum Gasteiger partial charge on any atom is 0.258 e. The van der Waals surface area contributed by atoms with Gasteiger partial charge in [0.1, 0.15) is 11.5 Å². The second-order valence-electron chi connectivity index (χ2n) is 4.57. The van der Waals surface area contributed by atoms with Crippen molar-refractivity contribution in [3.8, 4) is 11.5 Å². The molecule has 1 heterocycles. The quantitative estimate of drug-likeness (QED) is 0.831. The summed E-state index contributed by atoms with van der Waals surface area (Å²) >= 11 is 0. The maximum atomic E-state index is 11.7. The van der Waals surface area contributed by atoms with E-state index in [2.05, 4.69) is 10.6 Å². The van der Waals surface area contributed by atoms with Gasteiger partial charge < -0.3 is 20.1 Å². The number of hydrogen-bond donors (Lipinski definition) is 2. The smallest absolute Gasteiger partial charge is 0.258 e. The lowest BCUT2D eigenvalue weighted by Gasteiger charge is -2.23. The zero-order chi connectivity index (χ0) is 13.5. The summed E-state index contributed by atoms with van der Waals surface area (Å²) in [5.74, 6) is 1.35. The first-order valence-electron chi connectivity index (χ1n) is 6.55. The first-order valence-corrected chi connectivity index (χ1v) is 6.55. The van der Waals surface area contributed by atoms with Crippen LogP contribution in [0.3, 0.4) is 0 Å². The van der Waals surface area contributed by atoms with Gasteiger partial charge >= 0.3 is 0 Å². The van der Waals surface area contributed by atoms with Crippen molar-refractivity contribution in [3.63, 3.8) is 0 Å². The fourth-order valence-electron chi connectivity index (χ4n) is 2.07. The van der Waals surface area contributed by atoms with Crippen molar-refractivity contribution in [2.45, 2.75) is 18.9 Å². The summed E-state index contributed by atoms with van der Waals surface area (Å²) in [6.07, 6.45) is 2.13. The van der Waals surface area contributed by atoms with Crippen molar-refractivity contribution >= 4 is 5.91 Å². The van der Waals surface area contributed by atoms with E-state index in [9.17, 15) is 4.79 Å². The molecule has 19 heavy (non-hydrogen) atoms. The van der Waals surface area contributed by atoms with Gasteiger partial charge in [-0.25, -0.2) is 0 Å². The molecule has 0 aromatic heterocycles. The van der Waals surface area contributed by atoms with Crippen LogP contribution in [-0.4, -0.2) is 38.8 Å². The van der Waals surface area contributed by atoms with E-state index < -0.39 is 0 Å². The molecule has 2 rings (SSSR count). The second-order valence-corrected chi connectivity index (χ2v) is 4.57. The molecular weight excluding hydrogens is 244 g/mol. The Labute approximate surface area is 113 Å². The van der Waals surface area contributed by atoms with Gasteiger partial charge in [-0.05, 0) is 43.7 Å². The lowest BCUT2D eigenvalue weighted by Crippen LogP contribution is -2.46. The van der Waals surface area contributed by atoms with Crippen LogP contribution in [0.1, 0.15) is 12.8 Å². The largest absolute Gasteiger partial charge is 0.497 e. The maximum absolute atomic E-state index is 11.7. The number of amides is 1. The molecule has 1 aliphatic heterocycles. The summed E-state index contributed by atoms with van der Waals surface area (Å²) in [6.45, 7) is 1.92. The van der Waals surface area contributed by atoms with Gasteiger partial charge in [-0.2, -0.15) is 0 Å². The standard InChI is InChI=1S/C14H20N2O3/c1-18-12-4-6-13(7-5-12)19-10-14(17)16-11-3-2-8-15-9-11/h4-7,11,15H,2-3,8-10H2,1H3,(H,16,17)/t11-/m0/s1. The van der Waals surface area contributed by atoms with Gasteiger partial charge in [-0.15, -0.1) is 0 Å². The number of carbonyl (C=O) groups excluding carboxylic acids is 1. The highest BCUT2D eigenvalue weighted by Crippen LogP contribution is 2.16. The number of ether oxygens (including phenoxy) is 2. The van der Waals surface area contributed by atoms with E-state index in [0.717, 1.165) is 31.7 Å². The van der Waals surface area contributed by atoms with Crippen LogP contribution in [0, 0.1) is 0 Å². The molecule has 1 fully saturated rings. The topological polar surface area (TPSA) is 59.6 Å². The second kappa shape index (κ2) is 6.99. The van der Waals surface area contributed by atoms with Crippen LogP contribution in [0.4, 0.5) is 0 Å². The first-order chi connectivity index (χ1) is 9.28. The van der Waals surface area contributed by atoms with Crippen LogP contribution in [0.5, 0.6) is 11.5 Å². The number of nitrogens with one attached hydrogen (secondary N) is 2. The highest BCUT2D eigenvalue weighted by molar-refractivity contribution is 5.77. The minimum Gasteiger partial charge on any atom is -0.497 e. The lowest BCUT2D eigenvalue weighted by molar-refractivity contribution is -0.123. The number of rotatable bonds is 5. The van der Waals surface area contributed by atoms with Gasteiger partial charge in [0.2, 0.25) is 0 Å². The SMILES string of the molecule is COc1ccc(OCC(=O)N[C@H]2CCCNC2)cc1. The Bertz CT molecular complexity index is 400. The molecule has 0 aliphatic carbocycles. The Morgan fingerprint density at radius 1 is 1.37 bits per heavy atom.